The van der Waals surface area contributed by atoms with Crippen LogP contribution in [0.15, 0.2) is 60.7 Å². The van der Waals surface area contributed by atoms with E-state index in [-0.39, 0.29) is 35.5 Å². The van der Waals surface area contributed by atoms with Crippen molar-refractivity contribution in [2.45, 2.75) is 13.3 Å². The van der Waals surface area contributed by atoms with Crippen LogP contribution in [-0.4, -0.2) is 11.8 Å². The Morgan fingerprint density at radius 2 is 1.54 bits per heavy atom. The molecular formula is C22H19NO3. The van der Waals surface area contributed by atoms with Crippen LogP contribution in [0.1, 0.15) is 12.0 Å². The van der Waals surface area contributed by atoms with Gasteiger partial charge in [-0.25, -0.2) is 0 Å². The smallest absolute Gasteiger partial charge is 0.238 e. The molecule has 4 heteroatoms. The maximum Gasteiger partial charge on any atom is 0.238 e. The largest absolute Gasteiger partial charge is 0.457 e. The van der Waals surface area contributed by atoms with Crippen molar-refractivity contribution >= 4 is 17.5 Å². The molecule has 1 aliphatic heterocycles. The summed E-state index contributed by atoms with van der Waals surface area (Å²) in [5.41, 5.74) is 1.76. The highest BCUT2D eigenvalue weighted by Gasteiger charge is 2.59. The molecular weight excluding hydrogens is 326 g/mol. The average molecular weight is 345 g/mol. The number of fused-ring (bicyclic) bond motifs is 5. The molecule has 0 unspecified atom stereocenters. The van der Waals surface area contributed by atoms with Crippen LogP contribution in [0.25, 0.3) is 0 Å². The molecule has 130 valence electrons. The Labute approximate surface area is 152 Å². The number of aryl methyl sites for hydroxylation is 1. The van der Waals surface area contributed by atoms with Gasteiger partial charge in [0.15, 0.2) is 0 Å². The summed E-state index contributed by atoms with van der Waals surface area (Å²) in [5.74, 6) is 1.48. The third-order valence-electron chi connectivity index (χ3n) is 5.79. The topological polar surface area (TPSA) is 46.6 Å². The summed E-state index contributed by atoms with van der Waals surface area (Å²) in [6.07, 6.45) is 5.17. The molecule has 26 heavy (non-hydrogen) atoms. The van der Waals surface area contributed by atoms with Gasteiger partial charge < -0.3 is 4.74 Å². The molecule has 0 spiro atoms. The molecule has 0 N–H and O–H groups in total. The number of nitrogens with zero attached hydrogens (tertiary/aromatic N) is 1. The number of amides is 2. The minimum absolute atomic E-state index is 0.0517. The van der Waals surface area contributed by atoms with E-state index in [0.29, 0.717) is 11.4 Å². The fraction of sp³-hybridized carbons (Fsp3) is 0.273. The van der Waals surface area contributed by atoms with Crippen molar-refractivity contribution in [3.8, 4) is 11.5 Å². The number of benzene rings is 2. The molecule has 4 nitrogen and oxygen atoms in total. The zero-order valence-electron chi connectivity index (χ0n) is 14.5. The van der Waals surface area contributed by atoms with Gasteiger partial charge >= 0.3 is 0 Å². The third-order valence-corrected chi connectivity index (χ3v) is 5.79. The molecule has 2 aromatic carbocycles. The molecule has 2 amide bonds. The average Bonchev–Trinajstić information content (AvgIpc) is 3.30. The van der Waals surface area contributed by atoms with Crippen LogP contribution in [-0.2, 0) is 9.59 Å². The molecule has 4 atom stereocenters. The van der Waals surface area contributed by atoms with Gasteiger partial charge in [-0.2, -0.15) is 0 Å². The molecule has 2 aromatic rings. The fourth-order valence-corrected chi connectivity index (χ4v) is 4.63. The summed E-state index contributed by atoms with van der Waals surface area (Å²) in [4.78, 5) is 27.1. The first-order valence-electron chi connectivity index (χ1n) is 9.02. The molecule has 2 bridgehead atoms. The zero-order valence-corrected chi connectivity index (χ0v) is 14.5. The van der Waals surface area contributed by atoms with E-state index in [1.165, 1.54) is 4.90 Å². The number of imide groups is 1. The Morgan fingerprint density at radius 3 is 2.15 bits per heavy atom. The molecule has 2 fully saturated rings. The number of carbonyl (C=O) groups excluding carboxylic acids is 2. The normalized spacial score (nSPS) is 28.7. The Hall–Kier alpha value is -2.88. The lowest BCUT2D eigenvalue weighted by Crippen LogP contribution is -2.32. The molecule has 5 rings (SSSR count). The van der Waals surface area contributed by atoms with E-state index in [2.05, 4.69) is 12.2 Å². The number of ether oxygens (including phenoxy) is 1. The summed E-state index contributed by atoms with van der Waals surface area (Å²) in [5, 5.41) is 0. The fourth-order valence-electron chi connectivity index (χ4n) is 4.63. The van der Waals surface area contributed by atoms with Gasteiger partial charge in [0.25, 0.3) is 0 Å². The van der Waals surface area contributed by atoms with E-state index in [1.54, 1.807) is 24.3 Å². The first-order chi connectivity index (χ1) is 12.6. The summed E-state index contributed by atoms with van der Waals surface area (Å²) in [6.45, 7) is 2.01. The van der Waals surface area contributed by atoms with Gasteiger partial charge in [0.05, 0.1) is 17.5 Å². The second-order valence-corrected chi connectivity index (χ2v) is 7.42. The van der Waals surface area contributed by atoms with Gasteiger partial charge in [0.1, 0.15) is 11.5 Å². The molecule has 1 saturated heterocycles. The minimum Gasteiger partial charge on any atom is -0.457 e. The van der Waals surface area contributed by atoms with Crippen LogP contribution in [0.5, 0.6) is 11.5 Å². The zero-order chi connectivity index (χ0) is 17.8. The van der Waals surface area contributed by atoms with Gasteiger partial charge in [-0.15, -0.1) is 0 Å². The van der Waals surface area contributed by atoms with E-state index in [9.17, 15) is 9.59 Å². The maximum absolute atomic E-state index is 12.8. The van der Waals surface area contributed by atoms with E-state index in [4.69, 9.17) is 4.74 Å². The Kier molecular flexibility index (Phi) is 3.29. The number of carbonyl (C=O) groups is 2. The Morgan fingerprint density at radius 1 is 0.885 bits per heavy atom. The number of anilines is 1. The first-order valence-corrected chi connectivity index (χ1v) is 9.02. The van der Waals surface area contributed by atoms with E-state index in [1.807, 2.05) is 31.2 Å². The lowest BCUT2D eigenvalue weighted by atomic mass is 9.85. The summed E-state index contributed by atoms with van der Waals surface area (Å²) < 4.78 is 5.85. The van der Waals surface area contributed by atoms with E-state index < -0.39 is 0 Å². The predicted octanol–water partition coefficient (Wildman–Crippen LogP) is 4.10. The van der Waals surface area contributed by atoms with Crippen molar-refractivity contribution in [3.05, 3.63) is 66.2 Å². The molecule has 2 aliphatic carbocycles. The molecule has 3 aliphatic rings. The summed E-state index contributed by atoms with van der Waals surface area (Å²) in [7, 11) is 0. The number of allylic oxidation sites excluding steroid dienone is 2. The Balaban J connectivity index is 1.38. The van der Waals surface area contributed by atoms with Crippen molar-refractivity contribution in [1.29, 1.82) is 0 Å². The Bertz CT molecular complexity index is 901. The van der Waals surface area contributed by atoms with Crippen molar-refractivity contribution in [3.63, 3.8) is 0 Å². The van der Waals surface area contributed by atoms with Crippen LogP contribution < -0.4 is 9.64 Å². The van der Waals surface area contributed by atoms with Crippen molar-refractivity contribution < 1.29 is 14.3 Å². The highest BCUT2D eigenvalue weighted by Crippen LogP contribution is 2.53. The van der Waals surface area contributed by atoms with Crippen molar-refractivity contribution in [2.75, 3.05) is 4.90 Å². The van der Waals surface area contributed by atoms with Crippen molar-refractivity contribution in [1.82, 2.24) is 0 Å². The molecule has 1 heterocycles. The molecule has 0 aromatic heterocycles. The van der Waals surface area contributed by atoms with Gasteiger partial charge in [0.2, 0.25) is 11.8 Å². The van der Waals surface area contributed by atoms with Gasteiger partial charge in [-0.1, -0.05) is 24.3 Å². The van der Waals surface area contributed by atoms with E-state index in [0.717, 1.165) is 17.7 Å². The highest BCUT2D eigenvalue weighted by atomic mass is 16.5. The SMILES string of the molecule is Cc1cccc(Oc2ccc(N3C(=O)[C@H]4[C@H](C3=O)[C@H]3C=C[C@H]4C3)cc2)c1. The first kappa shape index (κ1) is 15.4. The van der Waals surface area contributed by atoms with Crippen LogP contribution in [0, 0.1) is 30.6 Å². The number of rotatable bonds is 3. The lowest BCUT2D eigenvalue weighted by Gasteiger charge is -2.17. The minimum atomic E-state index is -0.166. The second-order valence-electron chi connectivity index (χ2n) is 7.42. The van der Waals surface area contributed by atoms with Crippen LogP contribution in [0.3, 0.4) is 0 Å². The van der Waals surface area contributed by atoms with Crippen LogP contribution in [0.4, 0.5) is 5.69 Å². The molecule has 0 radical (unpaired) electrons. The maximum atomic E-state index is 12.8. The van der Waals surface area contributed by atoms with Crippen LogP contribution >= 0.6 is 0 Å². The number of hydrogen-bond donors (Lipinski definition) is 0. The third kappa shape index (κ3) is 2.22. The highest BCUT2D eigenvalue weighted by molar-refractivity contribution is 6.22. The standard InChI is InChI=1S/C22H19NO3/c1-13-3-2-4-18(11-13)26-17-9-7-16(8-10-17)23-21(24)19-14-5-6-15(12-14)20(19)22(23)25/h2-11,14-15,19-20H,12H2,1H3/t14-,15-,19+,20+/m0/s1. The monoisotopic (exact) mass is 345 g/mol. The predicted molar refractivity (Wildman–Crippen MR) is 97.9 cm³/mol. The van der Waals surface area contributed by atoms with Crippen molar-refractivity contribution in [2.24, 2.45) is 23.7 Å². The summed E-state index contributed by atoms with van der Waals surface area (Å²) in [6, 6.07) is 15.0. The number of hydrogen-bond acceptors (Lipinski definition) is 3. The van der Waals surface area contributed by atoms with Crippen LogP contribution in [0.2, 0.25) is 0 Å². The summed E-state index contributed by atoms with van der Waals surface area (Å²) >= 11 is 0. The lowest BCUT2D eigenvalue weighted by molar-refractivity contribution is -0.123. The van der Waals surface area contributed by atoms with Gasteiger partial charge in [-0.3, -0.25) is 14.5 Å². The second kappa shape index (κ2) is 5.56. The van der Waals surface area contributed by atoms with E-state index >= 15 is 0 Å². The van der Waals surface area contributed by atoms with Gasteiger partial charge in [-0.05, 0) is 67.1 Å². The quantitative estimate of drug-likeness (QED) is 0.621. The molecule has 1 saturated carbocycles. The van der Waals surface area contributed by atoms with Gasteiger partial charge in [0, 0.05) is 0 Å².